The molecule has 2 aromatic carbocycles. The van der Waals surface area contributed by atoms with Crippen molar-refractivity contribution < 1.29 is 4.79 Å². The van der Waals surface area contributed by atoms with Crippen LogP contribution in [-0.2, 0) is 6.42 Å². The number of H-pyrrole nitrogens is 1. The number of nitrogens with zero attached hydrogens (tertiary/aromatic N) is 1. The minimum atomic E-state index is -0.347. The normalized spacial score (nSPS) is 10.2. The van der Waals surface area contributed by atoms with Crippen molar-refractivity contribution in [1.82, 2.24) is 4.98 Å². The van der Waals surface area contributed by atoms with E-state index < -0.39 is 0 Å². The molecule has 1 amide bonds. The molecule has 3 rings (SSSR count). The van der Waals surface area contributed by atoms with Crippen LogP contribution in [0.3, 0.4) is 0 Å². The average Bonchev–Trinajstić information content (AvgIpc) is 2.56. The first-order valence-electron chi connectivity index (χ1n) is 7.07. The number of amides is 1. The maximum atomic E-state index is 12.5. The molecule has 112 valence electrons. The van der Waals surface area contributed by atoms with Crippen LogP contribution in [0.4, 0.5) is 5.69 Å². The topological polar surface area (TPSA) is 85.8 Å². The van der Waals surface area contributed by atoms with Gasteiger partial charge in [-0.3, -0.25) is 9.59 Å². The second-order valence-electron chi connectivity index (χ2n) is 5.08. The number of anilines is 1. The zero-order chi connectivity index (χ0) is 16.2. The van der Waals surface area contributed by atoms with Crippen molar-refractivity contribution in [3.63, 3.8) is 0 Å². The summed E-state index contributed by atoms with van der Waals surface area (Å²) in [5.74, 6) is -0.347. The third-order valence-electron chi connectivity index (χ3n) is 3.49. The van der Waals surface area contributed by atoms with Gasteiger partial charge in [-0.2, -0.15) is 5.26 Å². The molecule has 0 radical (unpaired) electrons. The summed E-state index contributed by atoms with van der Waals surface area (Å²) >= 11 is 0. The Kier molecular flexibility index (Phi) is 3.89. The molecule has 23 heavy (non-hydrogen) atoms. The molecule has 1 heterocycles. The van der Waals surface area contributed by atoms with Crippen LogP contribution in [0.15, 0.2) is 59.4 Å². The predicted octanol–water partition coefficient (Wildman–Crippen LogP) is 2.85. The van der Waals surface area contributed by atoms with E-state index in [4.69, 9.17) is 5.26 Å². The van der Waals surface area contributed by atoms with E-state index in [0.29, 0.717) is 28.6 Å². The molecule has 3 aromatic rings. The predicted molar refractivity (Wildman–Crippen MR) is 88.3 cm³/mol. The van der Waals surface area contributed by atoms with E-state index in [0.717, 1.165) is 5.56 Å². The van der Waals surface area contributed by atoms with Gasteiger partial charge in [0.1, 0.15) is 0 Å². The summed E-state index contributed by atoms with van der Waals surface area (Å²) in [5, 5.41) is 12.1. The van der Waals surface area contributed by atoms with Crippen LogP contribution in [0.2, 0.25) is 0 Å². The van der Waals surface area contributed by atoms with E-state index >= 15 is 0 Å². The van der Waals surface area contributed by atoms with Gasteiger partial charge in [0.25, 0.3) is 5.91 Å². The summed E-state index contributed by atoms with van der Waals surface area (Å²) in [6.45, 7) is 0. The van der Waals surface area contributed by atoms with Gasteiger partial charge in [-0.25, -0.2) is 0 Å². The number of aromatic nitrogens is 1. The van der Waals surface area contributed by atoms with Crippen molar-refractivity contribution in [2.45, 2.75) is 6.42 Å². The van der Waals surface area contributed by atoms with Crippen LogP contribution < -0.4 is 10.9 Å². The molecule has 0 aliphatic heterocycles. The first-order chi connectivity index (χ1) is 11.2. The van der Waals surface area contributed by atoms with Gasteiger partial charge in [-0.05, 0) is 23.8 Å². The molecule has 1 aromatic heterocycles. The van der Waals surface area contributed by atoms with Crippen molar-refractivity contribution in [2.24, 2.45) is 0 Å². The largest absolute Gasteiger partial charge is 0.322 e. The maximum absolute atomic E-state index is 12.5. The zero-order valence-electron chi connectivity index (χ0n) is 12.2. The van der Waals surface area contributed by atoms with E-state index in [9.17, 15) is 9.59 Å². The number of carbonyl (C=O) groups excluding carboxylic acids is 1. The second kappa shape index (κ2) is 6.16. The number of aromatic amines is 1. The summed E-state index contributed by atoms with van der Waals surface area (Å²) in [4.78, 5) is 26.9. The molecule has 0 aliphatic rings. The average molecular weight is 303 g/mol. The Balaban J connectivity index is 1.92. The molecule has 0 saturated heterocycles. The van der Waals surface area contributed by atoms with Crippen LogP contribution in [-0.4, -0.2) is 10.9 Å². The van der Waals surface area contributed by atoms with Crippen molar-refractivity contribution in [2.75, 3.05) is 5.32 Å². The van der Waals surface area contributed by atoms with Crippen LogP contribution in [0.1, 0.15) is 15.9 Å². The van der Waals surface area contributed by atoms with Crippen molar-refractivity contribution >= 4 is 22.5 Å². The fourth-order valence-electron chi connectivity index (χ4n) is 2.39. The Morgan fingerprint density at radius 2 is 1.87 bits per heavy atom. The fraction of sp³-hybridized carbons (Fsp3) is 0.0556. The number of para-hydroxylation sites is 1. The quantitative estimate of drug-likeness (QED) is 0.780. The van der Waals surface area contributed by atoms with Crippen LogP contribution in [0.5, 0.6) is 0 Å². The fourth-order valence-corrected chi connectivity index (χ4v) is 2.39. The molecule has 0 bridgehead atoms. The SMILES string of the molecule is N#CCc1ccc(NC(=O)c2cc(=O)[nH]c3ccccc23)cc1. The molecule has 0 atom stereocenters. The Hall–Kier alpha value is -3.39. The Morgan fingerprint density at radius 3 is 2.61 bits per heavy atom. The number of nitrogens with one attached hydrogen (secondary N) is 2. The van der Waals surface area contributed by atoms with E-state index in [1.54, 1.807) is 42.5 Å². The third kappa shape index (κ3) is 3.11. The molecular formula is C18H13N3O2. The van der Waals surface area contributed by atoms with Gasteiger partial charge in [0.15, 0.2) is 0 Å². The summed E-state index contributed by atoms with van der Waals surface area (Å²) < 4.78 is 0. The Labute approximate surface area is 132 Å². The van der Waals surface area contributed by atoms with Crippen molar-refractivity contribution in [1.29, 1.82) is 5.26 Å². The third-order valence-corrected chi connectivity index (χ3v) is 3.49. The van der Waals surface area contributed by atoms with Gasteiger partial charge in [0, 0.05) is 22.7 Å². The van der Waals surface area contributed by atoms with Crippen LogP contribution in [0.25, 0.3) is 10.9 Å². The summed E-state index contributed by atoms with van der Waals surface area (Å²) in [5.41, 5.74) is 2.12. The van der Waals surface area contributed by atoms with Gasteiger partial charge in [0.05, 0.1) is 18.1 Å². The smallest absolute Gasteiger partial charge is 0.256 e. The highest BCUT2D eigenvalue weighted by Gasteiger charge is 2.11. The minimum Gasteiger partial charge on any atom is -0.322 e. The lowest BCUT2D eigenvalue weighted by atomic mass is 10.1. The van der Waals surface area contributed by atoms with E-state index in [1.807, 2.05) is 6.07 Å². The molecule has 5 nitrogen and oxygen atoms in total. The van der Waals surface area contributed by atoms with Gasteiger partial charge >= 0.3 is 0 Å². The monoisotopic (exact) mass is 303 g/mol. The number of nitriles is 1. The first-order valence-corrected chi connectivity index (χ1v) is 7.07. The Morgan fingerprint density at radius 1 is 1.13 bits per heavy atom. The molecular weight excluding hydrogens is 290 g/mol. The van der Waals surface area contributed by atoms with Crippen LogP contribution >= 0.6 is 0 Å². The van der Waals surface area contributed by atoms with E-state index in [1.165, 1.54) is 6.07 Å². The highest BCUT2D eigenvalue weighted by Crippen LogP contribution is 2.17. The zero-order valence-corrected chi connectivity index (χ0v) is 12.2. The number of carbonyl (C=O) groups is 1. The number of fused-ring (bicyclic) bond motifs is 1. The molecule has 0 unspecified atom stereocenters. The first kappa shape index (κ1) is 14.5. The highest BCUT2D eigenvalue weighted by molar-refractivity contribution is 6.12. The summed E-state index contributed by atoms with van der Waals surface area (Å²) in [6, 6.07) is 17.6. The van der Waals surface area contributed by atoms with Crippen LogP contribution in [0, 0.1) is 11.3 Å². The van der Waals surface area contributed by atoms with Gasteiger partial charge in [0.2, 0.25) is 5.56 Å². The number of hydrogen-bond acceptors (Lipinski definition) is 3. The van der Waals surface area contributed by atoms with Crippen molar-refractivity contribution in [3.8, 4) is 6.07 Å². The lowest BCUT2D eigenvalue weighted by Crippen LogP contribution is -2.16. The maximum Gasteiger partial charge on any atom is 0.256 e. The van der Waals surface area contributed by atoms with Gasteiger partial charge < -0.3 is 10.3 Å². The Bertz CT molecular complexity index is 966. The molecule has 2 N–H and O–H groups in total. The van der Waals surface area contributed by atoms with E-state index in [-0.39, 0.29) is 11.5 Å². The molecule has 0 fully saturated rings. The second-order valence-corrected chi connectivity index (χ2v) is 5.08. The van der Waals surface area contributed by atoms with Gasteiger partial charge in [-0.15, -0.1) is 0 Å². The molecule has 0 saturated carbocycles. The lowest BCUT2D eigenvalue weighted by Gasteiger charge is -2.08. The molecule has 5 heteroatoms. The molecule has 0 aliphatic carbocycles. The molecule has 0 spiro atoms. The minimum absolute atomic E-state index is 0.321. The van der Waals surface area contributed by atoms with E-state index in [2.05, 4.69) is 16.4 Å². The summed E-state index contributed by atoms with van der Waals surface area (Å²) in [6.07, 6.45) is 0.326. The number of pyridine rings is 1. The summed E-state index contributed by atoms with van der Waals surface area (Å²) in [7, 11) is 0. The van der Waals surface area contributed by atoms with Gasteiger partial charge in [-0.1, -0.05) is 30.3 Å². The van der Waals surface area contributed by atoms with Crippen molar-refractivity contribution in [3.05, 3.63) is 76.1 Å². The highest BCUT2D eigenvalue weighted by atomic mass is 16.2. The standard InChI is InChI=1S/C18H13N3O2/c19-10-9-12-5-7-13(8-6-12)20-18(23)15-11-17(22)21-16-4-2-1-3-14(15)16/h1-8,11H,9H2,(H,20,23)(H,21,22). The number of benzene rings is 2. The number of hydrogen-bond donors (Lipinski definition) is 2. The number of rotatable bonds is 3. The lowest BCUT2D eigenvalue weighted by molar-refractivity contribution is 0.102.